The summed E-state index contributed by atoms with van der Waals surface area (Å²) in [5.41, 5.74) is 2.94. The zero-order valence-electron chi connectivity index (χ0n) is 12.6. The van der Waals surface area contributed by atoms with E-state index >= 15 is 0 Å². The van der Waals surface area contributed by atoms with Crippen LogP contribution in [0.2, 0.25) is 0 Å². The van der Waals surface area contributed by atoms with Gasteiger partial charge in [0.25, 0.3) is 0 Å². The van der Waals surface area contributed by atoms with Gasteiger partial charge in [0.2, 0.25) is 5.88 Å². The fourth-order valence-corrected chi connectivity index (χ4v) is 2.22. The molecule has 0 spiro atoms. The third-order valence-corrected chi connectivity index (χ3v) is 3.27. The molecule has 0 saturated carbocycles. The smallest absolute Gasteiger partial charge is 0.338 e. The topological polar surface area (TPSA) is 53.4 Å². The van der Waals surface area contributed by atoms with Gasteiger partial charge in [-0.3, -0.25) is 0 Å². The highest BCUT2D eigenvalue weighted by molar-refractivity contribution is 7.78. The van der Waals surface area contributed by atoms with Crippen LogP contribution in [0.3, 0.4) is 0 Å². The first-order valence-corrected chi connectivity index (χ1v) is 7.25. The first-order valence-electron chi connectivity index (χ1n) is 6.85. The lowest BCUT2D eigenvalue weighted by molar-refractivity contribution is 0.0523. The largest absolute Gasteiger partial charge is 0.472 e. The summed E-state index contributed by atoms with van der Waals surface area (Å²) in [5, 5.41) is 4.03. The average molecular weight is 318 g/mol. The summed E-state index contributed by atoms with van der Waals surface area (Å²) in [7, 11) is 0. The Labute approximate surface area is 135 Å². The van der Waals surface area contributed by atoms with Gasteiger partial charge in [-0.1, -0.05) is 24.3 Å². The lowest BCUT2D eigenvalue weighted by Gasteiger charge is -2.14. The van der Waals surface area contributed by atoms with Crippen LogP contribution in [0.15, 0.2) is 37.0 Å². The maximum absolute atomic E-state index is 12.1. The molecule has 0 radical (unpaired) electrons. The molecule has 0 aliphatic rings. The molecule has 116 valence electrons. The Morgan fingerprint density at radius 2 is 2.09 bits per heavy atom. The van der Waals surface area contributed by atoms with E-state index in [1.807, 2.05) is 19.1 Å². The van der Waals surface area contributed by atoms with E-state index in [0.29, 0.717) is 18.1 Å². The number of hydrogen-bond donors (Lipinski definition) is 1. The number of nitrogens with zero attached hydrogens (tertiary/aromatic N) is 2. The Morgan fingerprint density at radius 1 is 1.36 bits per heavy atom. The van der Waals surface area contributed by atoms with E-state index in [1.165, 1.54) is 4.09 Å². The molecule has 6 heteroatoms. The molecular weight excluding hydrogens is 300 g/mol. The molecule has 0 saturated heterocycles. The van der Waals surface area contributed by atoms with Crippen molar-refractivity contribution in [3.8, 4) is 5.88 Å². The van der Waals surface area contributed by atoms with Crippen molar-refractivity contribution in [3.63, 3.8) is 0 Å². The number of aromatic nitrogens is 2. The van der Waals surface area contributed by atoms with Gasteiger partial charge in [-0.15, -0.1) is 5.10 Å². The molecule has 0 unspecified atom stereocenters. The maximum Gasteiger partial charge on any atom is 0.338 e. The van der Waals surface area contributed by atoms with Gasteiger partial charge in [0, 0.05) is 17.8 Å². The SMILES string of the molecule is C=C(C)c1cccc(C(=O)OCC)c1COc1ccn(S)n1. The standard InChI is InChI=1S/C16H18N2O3S/c1-4-20-16(19)13-7-5-6-12(11(2)3)14(13)10-21-15-8-9-18(22)17-15/h5-9,22H,2,4,10H2,1,3H3. The molecule has 0 bridgehead atoms. The van der Waals surface area contributed by atoms with Gasteiger partial charge in [-0.2, -0.15) is 0 Å². The predicted molar refractivity (Wildman–Crippen MR) is 88.0 cm³/mol. The van der Waals surface area contributed by atoms with E-state index in [1.54, 1.807) is 25.3 Å². The van der Waals surface area contributed by atoms with Gasteiger partial charge in [0.05, 0.1) is 12.2 Å². The summed E-state index contributed by atoms with van der Waals surface area (Å²) in [6.07, 6.45) is 1.66. The monoisotopic (exact) mass is 318 g/mol. The van der Waals surface area contributed by atoms with Crippen LogP contribution in [0.5, 0.6) is 5.88 Å². The maximum atomic E-state index is 12.1. The van der Waals surface area contributed by atoms with Crippen LogP contribution in [0.4, 0.5) is 0 Å². The molecule has 0 aliphatic heterocycles. The van der Waals surface area contributed by atoms with Crippen LogP contribution in [0, 0.1) is 0 Å². The molecule has 0 atom stereocenters. The van der Waals surface area contributed by atoms with Crippen LogP contribution >= 0.6 is 12.8 Å². The van der Waals surface area contributed by atoms with E-state index in [-0.39, 0.29) is 12.6 Å². The molecule has 0 fully saturated rings. The van der Waals surface area contributed by atoms with Crippen molar-refractivity contribution in [1.82, 2.24) is 9.19 Å². The van der Waals surface area contributed by atoms with Crippen molar-refractivity contribution in [2.75, 3.05) is 6.61 Å². The van der Waals surface area contributed by atoms with Crippen LogP contribution in [0.1, 0.15) is 35.3 Å². The van der Waals surface area contributed by atoms with Gasteiger partial charge in [0.1, 0.15) is 6.61 Å². The van der Waals surface area contributed by atoms with Gasteiger partial charge >= 0.3 is 5.97 Å². The lowest BCUT2D eigenvalue weighted by atomic mass is 9.97. The van der Waals surface area contributed by atoms with Crippen molar-refractivity contribution < 1.29 is 14.3 Å². The van der Waals surface area contributed by atoms with Gasteiger partial charge in [-0.05, 0) is 38.3 Å². The second kappa shape index (κ2) is 7.17. The summed E-state index contributed by atoms with van der Waals surface area (Å²) in [4.78, 5) is 12.1. The highest BCUT2D eigenvalue weighted by atomic mass is 32.1. The van der Waals surface area contributed by atoms with Crippen molar-refractivity contribution >= 4 is 24.4 Å². The van der Waals surface area contributed by atoms with Crippen molar-refractivity contribution in [2.24, 2.45) is 0 Å². The van der Waals surface area contributed by atoms with Gasteiger partial charge in [-0.25, -0.2) is 8.88 Å². The minimum Gasteiger partial charge on any atom is -0.472 e. The number of ether oxygens (including phenoxy) is 2. The summed E-state index contributed by atoms with van der Waals surface area (Å²) in [6.45, 7) is 8.13. The van der Waals surface area contributed by atoms with E-state index in [4.69, 9.17) is 9.47 Å². The number of carbonyl (C=O) groups excluding carboxylic acids is 1. The van der Waals surface area contributed by atoms with Crippen molar-refractivity contribution in [2.45, 2.75) is 20.5 Å². The molecule has 0 aliphatic carbocycles. The van der Waals surface area contributed by atoms with E-state index < -0.39 is 0 Å². The Morgan fingerprint density at radius 3 is 2.68 bits per heavy atom. The third-order valence-electron chi connectivity index (χ3n) is 3.05. The van der Waals surface area contributed by atoms with Crippen molar-refractivity contribution in [3.05, 3.63) is 53.7 Å². The quantitative estimate of drug-likeness (QED) is 0.655. The minimum absolute atomic E-state index is 0.196. The molecule has 2 aromatic rings. The van der Waals surface area contributed by atoms with Gasteiger partial charge < -0.3 is 9.47 Å². The number of allylic oxidation sites excluding steroid dienone is 1. The zero-order chi connectivity index (χ0) is 16.1. The number of rotatable bonds is 6. The molecule has 22 heavy (non-hydrogen) atoms. The molecular formula is C16H18N2O3S. The average Bonchev–Trinajstić information content (AvgIpc) is 2.90. The Hall–Kier alpha value is -2.21. The van der Waals surface area contributed by atoms with E-state index in [0.717, 1.165) is 16.7 Å². The van der Waals surface area contributed by atoms with Crippen LogP contribution in [-0.2, 0) is 11.3 Å². The Kier molecular flexibility index (Phi) is 5.27. The highest BCUT2D eigenvalue weighted by Crippen LogP contribution is 2.23. The number of hydrogen-bond acceptors (Lipinski definition) is 5. The lowest BCUT2D eigenvalue weighted by Crippen LogP contribution is -2.12. The minimum atomic E-state index is -0.371. The third kappa shape index (κ3) is 3.71. The van der Waals surface area contributed by atoms with Crippen LogP contribution in [0.25, 0.3) is 5.57 Å². The number of thiol groups is 1. The van der Waals surface area contributed by atoms with Crippen LogP contribution < -0.4 is 4.74 Å². The summed E-state index contributed by atoms with van der Waals surface area (Å²) in [6, 6.07) is 7.13. The fourth-order valence-electron chi connectivity index (χ4n) is 2.06. The molecule has 0 amide bonds. The van der Waals surface area contributed by atoms with Crippen molar-refractivity contribution in [1.29, 1.82) is 0 Å². The first kappa shape index (κ1) is 16.2. The second-order valence-corrected chi connectivity index (χ2v) is 5.11. The summed E-state index contributed by atoms with van der Waals surface area (Å²) in [5.74, 6) is 0.0604. The number of carbonyl (C=O) groups is 1. The second-order valence-electron chi connectivity index (χ2n) is 4.70. The summed E-state index contributed by atoms with van der Waals surface area (Å²) < 4.78 is 12.1. The summed E-state index contributed by atoms with van der Waals surface area (Å²) >= 11 is 4.06. The molecule has 5 nitrogen and oxygen atoms in total. The fraction of sp³-hybridized carbons (Fsp3) is 0.250. The number of esters is 1. The highest BCUT2D eigenvalue weighted by Gasteiger charge is 2.17. The molecule has 0 N–H and O–H groups in total. The first-order chi connectivity index (χ1) is 10.5. The Balaban J connectivity index is 2.32. The van der Waals surface area contributed by atoms with E-state index in [2.05, 4.69) is 24.5 Å². The molecule has 1 aromatic carbocycles. The zero-order valence-corrected chi connectivity index (χ0v) is 13.5. The molecule has 1 aromatic heterocycles. The predicted octanol–water partition coefficient (Wildman–Crippen LogP) is 3.36. The molecule has 2 rings (SSSR count). The Bertz CT molecular complexity index is 694. The van der Waals surface area contributed by atoms with Crippen LogP contribution in [-0.4, -0.2) is 21.8 Å². The van der Waals surface area contributed by atoms with E-state index in [9.17, 15) is 4.79 Å². The molecule has 1 heterocycles. The number of benzene rings is 1. The normalized spacial score (nSPS) is 10.3. The van der Waals surface area contributed by atoms with Gasteiger partial charge in [0.15, 0.2) is 0 Å².